The van der Waals surface area contributed by atoms with E-state index < -0.39 is 17.8 Å². The molecule has 1 aliphatic rings. The van der Waals surface area contributed by atoms with E-state index in [0.717, 1.165) is 23.7 Å². The first kappa shape index (κ1) is 15.9. The first-order chi connectivity index (χ1) is 10.9. The van der Waals surface area contributed by atoms with Crippen molar-refractivity contribution in [1.29, 1.82) is 0 Å². The van der Waals surface area contributed by atoms with E-state index in [0.29, 0.717) is 23.6 Å². The van der Waals surface area contributed by atoms with Gasteiger partial charge in [0.2, 0.25) is 0 Å². The molecule has 1 amide bonds. The average Bonchev–Trinajstić information content (AvgIpc) is 3.08. The van der Waals surface area contributed by atoms with Crippen LogP contribution in [-0.2, 0) is 10.9 Å². The number of aromatic nitrogens is 2. The molecule has 3 rings (SSSR count). The fourth-order valence-corrected chi connectivity index (χ4v) is 2.82. The highest BCUT2D eigenvalue weighted by Crippen LogP contribution is 2.31. The van der Waals surface area contributed by atoms with E-state index in [-0.39, 0.29) is 12.5 Å². The van der Waals surface area contributed by atoms with Crippen molar-refractivity contribution in [2.75, 3.05) is 19.7 Å². The van der Waals surface area contributed by atoms with Crippen LogP contribution in [-0.4, -0.2) is 40.1 Å². The largest absolute Gasteiger partial charge is 0.416 e. The highest BCUT2D eigenvalue weighted by atomic mass is 32.1. The molecule has 9 heteroatoms. The summed E-state index contributed by atoms with van der Waals surface area (Å²) in [5, 5.41) is 3.63. The van der Waals surface area contributed by atoms with E-state index in [2.05, 4.69) is 9.59 Å². The summed E-state index contributed by atoms with van der Waals surface area (Å²) in [6.07, 6.45) is -3.42. The zero-order valence-electron chi connectivity index (χ0n) is 11.8. The molecular weight excluding hydrogens is 331 g/mol. The second-order valence-corrected chi connectivity index (χ2v) is 5.80. The number of nitrogens with zero attached hydrogens (tertiary/aromatic N) is 3. The Kier molecular flexibility index (Phi) is 4.31. The van der Waals surface area contributed by atoms with Crippen LogP contribution in [0.4, 0.5) is 13.2 Å². The van der Waals surface area contributed by atoms with Crippen LogP contribution in [0.25, 0.3) is 0 Å². The number of alkyl halides is 3. The summed E-state index contributed by atoms with van der Waals surface area (Å²) in [5.41, 5.74) is -0.0985. The predicted molar refractivity (Wildman–Crippen MR) is 75.9 cm³/mol. The van der Waals surface area contributed by atoms with Crippen molar-refractivity contribution in [2.45, 2.75) is 12.3 Å². The molecule has 1 atom stereocenters. The molecule has 0 aliphatic carbocycles. The Morgan fingerprint density at radius 3 is 2.65 bits per heavy atom. The van der Waals surface area contributed by atoms with Gasteiger partial charge in [0, 0.05) is 6.54 Å². The first-order valence-corrected chi connectivity index (χ1v) is 7.58. The summed E-state index contributed by atoms with van der Waals surface area (Å²) < 4.78 is 47.0. The lowest BCUT2D eigenvalue weighted by Crippen LogP contribution is -2.42. The van der Waals surface area contributed by atoms with E-state index in [9.17, 15) is 18.0 Å². The van der Waals surface area contributed by atoms with Crippen LogP contribution in [0.15, 0.2) is 30.5 Å². The molecule has 1 fully saturated rings. The number of hydrogen-bond donors (Lipinski definition) is 0. The molecule has 1 aromatic carbocycles. The Labute approximate surface area is 133 Å². The van der Waals surface area contributed by atoms with Gasteiger partial charge in [0.15, 0.2) is 0 Å². The number of ether oxygens (including phenoxy) is 1. The molecule has 0 unspecified atom stereocenters. The van der Waals surface area contributed by atoms with E-state index >= 15 is 0 Å². The fraction of sp³-hybridized carbons (Fsp3) is 0.357. The lowest BCUT2D eigenvalue weighted by atomic mass is 10.1. The van der Waals surface area contributed by atoms with Gasteiger partial charge >= 0.3 is 6.18 Å². The van der Waals surface area contributed by atoms with Crippen molar-refractivity contribution in [1.82, 2.24) is 14.5 Å². The summed E-state index contributed by atoms with van der Waals surface area (Å²) in [7, 11) is 0. The van der Waals surface area contributed by atoms with Crippen molar-refractivity contribution in [2.24, 2.45) is 0 Å². The van der Waals surface area contributed by atoms with E-state index in [1.165, 1.54) is 18.3 Å². The Balaban J connectivity index is 1.72. The molecule has 0 N–H and O–H groups in total. The third-order valence-electron chi connectivity index (χ3n) is 3.54. The molecule has 0 bridgehead atoms. The zero-order chi connectivity index (χ0) is 16.4. The number of halogens is 3. The van der Waals surface area contributed by atoms with Crippen LogP contribution < -0.4 is 0 Å². The van der Waals surface area contributed by atoms with E-state index in [1.807, 2.05) is 0 Å². The van der Waals surface area contributed by atoms with Crippen molar-refractivity contribution >= 4 is 17.4 Å². The van der Waals surface area contributed by atoms with Crippen LogP contribution >= 0.6 is 11.5 Å². The summed E-state index contributed by atoms with van der Waals surface area (Å²) in [4.78, 5) is 14.3. The number of carbonyl (C=O) groups is 1. The lowest BCUT2D eigenvalue weighted by molar-refractivity contribution is -0.137. The fourth-order valence-electron chi connectivity index (χ4n) is 2.34. The normalized spacial score (nSPS) is 18.9. The Hall–Kier alpha value is -2.00. The van der Waals surface area contributed by atoms with Crippen molar-refractivity contribution < 1.29 is 22.7 Å². The predicted octanol–water partition coefficient (Wildman–Crippen LogP) is 2.77. The Morgan fingerprint density at radius 2 is 2.04 bits per heavy atom. The van der Waals surface area contributed by atoms with Gasteiger partial charge in [0.05, 0.1) is 24.9 Å². The SMILES string of the molecule is O=C(c1cnns1)N1CCO[C@H](c2ccc(C(F)(F)F)cc2)C1. The summed E-state index contributed by atoms with van der Waals surface area (Å²) in [6.45, 7) is 1.03. The molecule has 1 aromatic heterocycles. The zero-order valence-corrected chi connectivity index (χ0v) is 12.6. The topological polar surface area (TPSA) is 55.3 Å². The number of carbonyl (C=O) groups excluding carboxylic acids is 1. The van der Waals surface area contributed by atoms with Gasteiger partial charge in [-0.3, -0.25) is 4.79 Å². The molecule has 5 nitrogen and oxygen atoms in total. The molecule has 0 radical (unpaired) electrons. The molecule has 2 heterocycles. The van der Waals surface area contributed by atoms with Crippen molar-refractivity contribution in [3.8, 4) is 0 Å². The second kappa shape index (κ2) is 6.25. The standard InChI is InChI=1S/C14H12F3N3O2S/c15-14(16,17)10-3-1-9(2-4-10)11-8-20(5-6-22-11)13(21)12-7-18-19-23-12/h1-4,7,11H,5-6,8H2/t11-/m0/s1. The monoisotopic (exact) mass is 343 g/mol. The third kappa shape index (κ3) is 3.50. The molecule has 1 aliphatic heterocycles. The van der Waals surface area contributed by atoms with Gasteiger partial charge in [0.25, 0.3) is 5.91 Å². The molecular formula is C14H12F3N3O2S. The van der Waals surface area contributed by atoms with E-state index in [1.54, 1.807) is 4.90 Å². The van der Waals surface area contributed by atoms with Crippen LogP contribution in [0.2, 0.25) is 0 Å². The average molecular weight is 343 g/mol. The van der Waals surface area contributed by atoms with Crippen molar-refractivity contribution in [3.05, 3.63) is 46.5 Å². The van der Waals surface area contributed by atoms with Crippen LogP contribution in [0, 0.1) is 0 Å². The number of amides is 1. The van der Waals surface area contributed by atoms with Crippen LogP contribution in [0.1, 0.15) is 26.9 Å². The summed E-state index contributed by atoms with van der Waals surface area (Å²) in [6, 6.07) is 4.81. The Bertz CT molecular complexity index is 674. The van der Waals surface area contributed by atoms with Gasteiger partial charge in [-0.05, 0) is 29.2 Å². The molecule has 2 aromatic rings. The smallest absolute Gasteiger partial charge is 0.370 e. The van der Waals surface area contributed by atoms with E-state index in [4.69, 9.17) is 4.74 Å². The number of morpholine rings is 1. The third-order valence-corrected chi connectivity index (χ3v) is 4.19. The number of rotatable bonds is 2. The maximum absolute atomic E-state index is 12.6. The number of hydrogen-bond acceptors (Lipinski definition) is 5. The molecule has 1 saturated heterocycles. The maximum atomic E-state index is 12.6. The first-order valence-electron chi connectivity index (χ1n) is 6.80. The van der Waals surface area contributed by atoms with Gasteiger partial charge in [0.1, 0.15) is 11.0 Å². The minimum Gasteiger partial charge on any atom is -0.370 e. The van der Waals surface area contributed by atoms with Crippen molar-refractivity contribution in [3.63, 3.8) is 0 Å². The van der Waals surface area contributed by atoms with Crippen LogP contribution in [0.5, 0.6) is 0 Å². The quantitative estimate of drug-likeness (QED) is 0.841. The lowest BCUT2D eigenvalue weighted by Gasteiger charge is -2.32. The molecule has 0 spiro atoms. The maximum Gasteiger partial charge on any atom is 0.416 e. The van der Waals surface area contributed by atoms with Gasteiger partial charge in [-0.2, -0.15) is 13.2 Å². The highest BCUT2D eigenvalue weighted by molar-refractivity contribution is 7.07. The number of benzene rings is 1. The van der Waals surface area contributed by atoms with Gasteiger partial charge in [-0.15, -0.1) is 5.10 Å². The minimum atomic E-state index is -4.37. The molecule has 23 heavy (non-hydrogen) atoms. The van der Waals surface area contributed by atoms with Crippen LogP contribution in [0.3, 0.4) is 0 Å². The highest BCUT2D eigenvalue weighted by Gasteiger charge is 2.31. The van der Waals surface area contributed by atoms with Gasteiger partial charge in [-0.25, -0.2) is 0 Å². The molecule has 122 valence electrons. The minimum absolute atomic E-state index is 0.194. The van der Waals surface area contributed by atoms with Gasteiger partial charge < -0.3 is 9.64 Å². The summed E-state index contributed by atoms with van der Waals surface area (Å²) in [5.74, 6) is -0.194. The Morgan fingerprint density at radius 1 is 1.30 bits per heavy atom. The molecule has 0 saturated carbocycles. The van der Waals surface area contributed by atoms with Gasteiger partial charge in [-0.1, -0.05) is 16.6 Å². The second-order valence-electron chi connectivity index (χ2n) is 5.01. The summed E-state index contributed by atoms with van der Waals surface area (Å²) >= 11 is 1.01.